The van der Waals surface area contributed by atoms with E-state index in [1.54, 1.807) is 18.4 Å². The Labute approximate surface area is 171 Å². The number of para-hydroxylation sites is 1. The number of benzene rings is 1. The van der Waals surface area contributed by atoms with Crippen LogP contribution in [0.1, 0.15) is 37.2 Å². The molecule has 1 N–H and O–H groups in total. The van der Waals surface area contributed by atoms with Gasteiger partial charge in [0, 0.05) is 43.7 Å². The summed E-state index contributed by atoms with van der Waals surface area (Å²) in [6, 6.07) is 13.9. The van der Waals surface area contributed by atoms with Crippen LogP contribution in [0.2, 0.25) is 0 Å². The lowest BCUT2D eigenvalue weighted by Crippen LogP contribution is -2.60. The molecule has 3 rings (SSSR count). The predicted octanol–water partition coefficient (Wildman–Crippen LogP) is 3.71. The van der Waals surface area contributed by atoms with Crippen LogP contribution in [0.4, 0.5) is 5.69 Å². The van der Waals surface area contributed by atoms with E-state index in [1.807, 2.05) is 59.7 Å². The summed E-state index contributed by atoms with van der Waals surface area (Å²) in [7, 11) is 1.70. The first kappa shape index (κ1) is 21.0. The third-order valence-electron chi connectivity index (χ3n) is 5.54. The Morgan fingerprint density at radius 1 is 1.25 bits per heavy atom. The number of aliphatic hydroxyl groups excluding tert-OH is 1. The van der Waals surface area contributed by atoms with Gasteiger partial charge in [-0.15, -0.1) is 11.3 Å². The molecule has 2 aromatic rings. The molecule has 1 saturated heterocycles. The molecule has 1 fully saturated rings. The highest BCUT2D eigenvalue weighted by Crippen LogP contribution is 2.35. The van der Waals surface area contributed by atoms with E-state index in [9.17, 15) is 9.90 Å². The van der Waals surface area contributed by atoms with Crippen molar-refractivity contribution >= 4 is 22.9 Å². The van der Waals surface area contributed by atoms with Crippen molar-refractivity contribution < 1.29 is 14.6 Å². The van der Waals surface area contributed by atoms with Gasteiger partial charge in [-0.2, -0.15) is 0 Å². The summed E-state index contributed by atoms with van der Waals surface area (Å²) in [5.41, 5.74) is 0.576. The van der Waals surface area contributed by atoms with Gasteiger partial charge in [-0.05, 0) is 36.4 Å². The van der Waals surface area contributed by atoms with Crippen LogP contribution < -0.4 is 4.90 Å². The minimum absolute atomic E-state index is 0.121. The van der Waals surface area contributed by atoms with Gasteiger partial charge < -0.3 is 19.6 Å². The molecular weight excluding hydrogens is 372 g/mol. The van der Waals surface area contributed by atoms with E-state index in [1.165, 1.54) is 0 Å². The van der Waals surface area contributed by atoms with Crippen molar-refractivity contribution in [1.29, 1.82) is 0 Å². The molecule has 1 aliphatic heterocycles. The Bertz CT molecular complexity index is 728. The Morgan fingerprint density at radius 3 is 2.54 bits per heavy atom. The molecule has 1 aromatic carbocycles. The van der Waals surface area contributed by atoms with Crippen molar-refractivity contribution in [3.63, 3.8) is 0 Å². The highest BCUT2D eigenvalue weighted by molar-refractivity contribution is 7.10. The predicted molar refractivity (Wildman–Crippen MR) is 114 cm³/mol. The number of carbonyl (C=O) groups is 1. The molecule has 0 aliphatic carbocycles. The number of hydrogen-bond acceptors (Lipinski definition) is 5. The number of β-amino-alcohol motifs (C(OH)–C–C–N with tert-alkyl or cyclic N) is 1. The van der Waals surface area contributed by atoms with Crippen LogP contribution in [0.15, 0.2) is 47.8 Å². The number of carbonyl (C=O) groups excluding carboxylic acids is 1. The van der Waals surface area contributed by atoms with Crippen LogP contribution in [-0.2, 0) is 9.53 Å². The van der Waals surface area contributed by atoms with Crippen LogP contribution in [0.25, 0.3) is 0 Å². The molecule has 6 heteroatoms. The Hall–Kier alpha value is -1.73. The third kappa shape index (κ3) is 4.63. The Kier molecular flexibility index (Phi) is 7.24. The third-order valence-corrected chi connectivity index (χ3v) is 6.52. The minimum atomic E-state index is -0.461. The molecule has 0 spiro atoms. The smallest absolute Gasteiger partial charge is 0.227 e. The maximum atomic E-state index is 12.9. The van der Waals surface area contributed by atoms with Crippen LogP contribution in [0, 0.1) is 0 Å². The van der Waals surface area contributed by atoms with Gasteiger partial charge in [0.1, 0.15) is 6.10 Å². The molecular formula is C22H30N2O3S. The number of nitrogens with zero attached hydrogens (tertiary/aromatic N) is 2. The van der Waals surface area contributed by atoms with E-state index in [0.29, 0.717) is 19.6 Å². The Balaban J connectivity index is 1.76. The average molecular weight is 403 g/mol. The first-order valence-corrected chi connectivity index (χ1v) is 10.8. The van der Waals surface area contributed by atoms with Gasteiger partial charge in [0.05, 0.1) is 12.1 Å². The molecule has 1 unspecified atom stereocenters. The number of hydrogen-bond donors (Lipinski definition) is 1. The van der Waals surface area contributed by atoms with Crippen molar-refractivity contribution in [3.05, 3.63) is 52.7 Å². The standard InChI is InChI=1S/C22H30N2O3S/c1-3-21(26)24(18-8-5-4-6-9-18)22(17-27-2)11-13-23(14-12-22)16-19(25)20-10-7-15-28-20/h4-10,15,19,25H,3,11-14,16-17H2,1-2H3. The fraction of sp³-hybridized carbons (Fsp3) is 0.500. The number of amides is 1. The van der Waals surface area contributed by atoms with Crippen molar-refractivity contribution in [3.8, 4) is 0 Å². The summed E-state index contributed by atoms with van der Waals surface area (Å²) in [5, 5.41) is 12.5. The largest absolute Gasteiger partial charge is 0.386 e. The van der Waals surface area contributed by atoms with Crippen molar-refractivity contribution in [2.75, 3.05) is 38.3 Å². The van der Waals surface area contributed by atoms with Gasteiger partial charge in [0.25, 0.3) is 0 Å². The summed E-state index contributed by atoms with van der Waals surface area (Å²) < 4.78 is 5.60. The zero-order valence-corrected chi connectivity index (χ0v) is 17.5. The molecule has 1 aromatic heterocycles. The molecule has 0 saturated carbocycles. The number of anilines is 1. The summed E-state index contributed by atoms with van der Waals surface area (Å²) in [4.78, 5) is 18.2. The quantitative estimate of drug-likeness (QED) is 0.731. The summed E-state index contributed by atoms with van der Waals surface area (Å²) in [6.07, 6.45) is 1.63. The van der Waals surface area contributed by atoms with E-state index >= 15 is 0 Å². The average Bonchev–Trinajstić information content (AvgIpc) is 3.26. The highest BCUT2D eigenvalue weighted by Gasteiger charge is 2.43. The van der Waals surface area contributed by atoms with E-state index in [0.717, 1.165) is 36.5 Å². The fourth-order valence-corrected chi connectivity index (χ4v) is 4.79. The van der Waals surface area contributed by atoms with Crippen LogP contribution in [-0.4, -0.2) is 54.8 Å². The van der Waals surface area contributed by atoms with E-state index in [-0.39, 0.29) is 11.4 Å². The molecule has 1 amide bonds. The minimum Gasteiger partial charge on any atom is -0.386 e. The first-order valence-electron chi connectivity index (χ1n) is 9.90. The second-order valence-electron chi connectivity index (χ2n) is 7.41. The number of ether oxygens (including phenoxy) is 1. The summed E-state index contributed by atoms with van der Waals surface area (Å²) in [5.74, 6) is 0.121. The van der Waals surface area contributed by atoms with Crippen molar-refractivity contribution in [2.45, 2.75) is 37.8 Å². The lowest BCUT2D eigenvalue weighted by molar-refractivity contribution is -0.120. The SMILES string of the molecule is CCC(=O)N(c1ccccc1)C1(COC)CCN(CC(O)c2cccs2)CC1. The molecule has 1 atom stereocenters. The highest BCUT2D eigenvalue weighted by atomic mass is 32.1. The number of likely N-dealkylation sites (tertiary alicyclic amines) is 1. The second-order valence-corrected chi connectivity index (χ2v) is 8.39. The van der Waals surface area contributed by atoms with Crippen LogP contribution in [0.5, 0.6) is 0 Å². The zero-order chi connectivity index (χ0) is 20.0. The molecule has 28 heavy (non-hydrogen) atoms. The lowest BCUT2D eigenvalue weighted by atomic mass is 9.85. The lowest BCUT2D eigenvalue weighted by Gasteiger charge is -2.48. The molecule has 0 bridgehead atoms. The normalized spacial score (nSPS) is 18.0. The summed E-state index contributed by atoms with van der Waals surface area (Å²) in [6.45, 7) is 4.69. The van der Waals surface area contributed by atoms with Crippen LogP contribution in [0.3, 0.4) is 0 Å². The molecule has 1 aliphatic rings. The second kappa shape index (κ2) is 9.65. The van der Waals surface area contributed by atoms with Crippen molar-refractivity contribution in [2.24, 2.45) is 0 Å². The van der Waals surface area contributed by atoms with E-state index in [4.69, 9.17) is 4.74 Å². The van der Waals surface area contributed by atoms with E-state index in [2.05, 4.69) is 4.90 Å². The zero-order valence-electron chi connectivity index (χ0n) is 16.7. The van der Waals surface area contributed by atoms with Gasteiger partial charge in [0.15, 0.2) is 0 Å². The van der Waals surface area contributed by atoms with E-state index < -0.39 is 6.10 Å². The first-order chi connectivity index (χ1) is 13.6. The monoisotopic (exact) mass is 402 g/mol. The number of rotatable bonds is 8. The topological polar surface area (TPSA) is 53.0 Å². The van der Waals surface area contributed by atoms with Crippen LogP contribution >= 0.6 is 11.3 Å². The van der Waals surface area contributed by atoms with Gasteiger partial charge >= 0.3 is 0 Å². The molecule has 2 heterocycles. The van der Waals surface area contributed by atoms with Crippen molar-refractivity contribution in [1.82, 2.24) is 4.90 Å². The fourth-order valence-electron chi connectivity index (χ4n) is 4.09. The van der Waals surface area contributed by atoms with Gasteiger partial charge in [-0.1, -0.05) is 31.2 Å². The molecule has 5 nitrogen and oxygen atoms in total. The Morgan fingerprint density at radius 2 is 1.96 bits per heavy atom. The molecule has 0 radical (unpaired) electrons. The summed E-state index contributed by atoms with van der Waals surface area (Å²) >= 11 is 1.59. The number of aliphatic hydroxyl groups is 1. The van der Waals surface area contributed by atoms with Gasteiger partial charge in [-0.3, -0.25) is 4.79 Å². The molecule has 152 valence electrons. The maximum Gasteiger partial charge on any atom is 0.227 e. The maximum absolute atomic E-state index is 12.9. The number of methoxy groups -OCH3 is 1. The number of piperidine rings is 1. The van der Waals surface area contributed by atoms with Gasteiger partial charge in [-0.25, -0.2) is 0 Å². The van der Waals surface area contributed by atoms with Gasteiger partial charge in [0.2, 0.25) is 5.91 Å². The number of thiophene rings is 1.